The quantitative estimate of drug-likeness (QED) is 0.468. The van der Waals surface area contributed by atoms with Crippen molar-refractivity contribution in [2.24, 2.45) is 0 Å². The van der Waals surface area contributed by atoms with E-state index in [1.807, 2.05) is 0 Å². The lowest BCUT2D eigenvalue weighted by Crippen LogP contribution is -2.24. The topological polar surface area (TPSA) is 102 Å². The van der Waals surface area contributed by atoms with Gasteiger partial charge in [0.05, 0.1) is 17.7 Å². The number of nitrogens with two attached hydrogens (primary N) is 1. The second kappa shape index (κ2) is 8.08. The Kier molecular flexibility index (Phi) is 6.77. The lowest BCUT2D eigenvalue weighted by atomic mass is 10.2. The monoisotopic (exact) mass is 302 g/mol. The molecule has 0 amide bonds. The van der Waals surface area contributed by atoms with Crippen LogP contribution in [0.2, 0.25) is 0 Å². The van der Waals surface area contributed by atoms with E-state index < -0.39 is 10.0 Å². The molecule has 0 aliphatic carbocycles. The van der Waals surface area contributed by atoms with Gasteiger partial charge >= 0.3 is 0 Å². The number of methoxy groups -OCH3 is 1. The number of nitrogen functional groups attached to an aromatic ring is 1. The first-order chi connectivity index (χ1) is 9.51. The Balaban J connectivity index is 2.54. The fraction of sp³-hybridized carbons (Fsp3) is 0.538. The number of ether oxygens (including phenoxy) is 1. The van der Waals surface area contributed by atoms with Crippen LogP contribution in [0, 0.1) is 0 Å². The minimum atomic E-state index is -3.54. The summed E-state index contributed by atoms with van der Waals surface area (Å²) in [6.07, 6.45) is 3.27. The van der Waals surface area contributed by atoms with Crippen molar-refractivity contribution in [2.45, 2.75) is 30.6 Å². The molecule has 114 valence electrons. The second-order valence-electron chi connectivity index (χ2n) is 4.44. The van der Waals surface area contributed by atoms with Gasteiger partial charge in [-0.25, -0.2) is 13.1 Å². The van der Waals surface area contributed by atoms with Gasteiger partial charge in [-0.1, -0.05) is 12.8 Å². The van der Waals surface area contributed by atoms with Gasteiger partial charge in [-0.05, 0) is 31.0 Å². The molecule has 0 aromatic heterocycles. The van der Waals surface area contributed by atoms with E-state index in [1.54, 1.807) is 0 Å². The number of aliphatic hydroxyl groups is 1. The molecule has 0 heterocycles. The van der Waals surface area contributed by atoms with Gasteiger partial charge in [0.1, 0.15) is 5.75 Å². The number of nitrogens with one attached hydrogen (secondary N) is 1. The zero-order valence-corrected chi connectivity index (χ0v) is 12.4. The SMILES string of the molecule is COc1ccc(S(=O)(=O)NCCCCCCO)cc1N. The number of unbranched alkanes of at least 4 members (excludes halogenated alkanes) is 3. The van der Waals surface area contributed by atoms with E-state index >= 15 is 0 Å². The largest absolute Gasteiger partial charge is 0.495 e. The summed E-state index contributed by atoms with van der Waals surface area (Å²) in [5.41, 5.74) is 5.99. The molecule has 4 N–H and O–H groups in total. The Labute approximate surface area is 120 Å². The van der Waals surface area contributed by atoms with E-state index in [9.17, 15) is 8.42 Å². The second-order valence-corrected chi connectivity index (χ2v) is 6.21. The minimum absolute atomic E-state index is 0.131. The molecule has 1 aromatic rings. The number of sulfonamides is 1. The van der Waals surface area contributed by atoms with Gasteiger partial charge in [-0.15, -0.1) is 0 Å². The van der Waals surface area contributed by atoms with Crippen LogP contribution in [0.15, 0.2) is 23.1 Å². The van der Waals surface area contributed by atoms with Crippen LogP contribution in [0.5, 0.6) is 5.75 Å². The fourth-order valence-electron chi connectivity index (χ4n) is 1.76. The zero-order valence-electron chi connectivity index (χ0n) is 11.6. The van der Waals surface area contributed by atoms with Crippen LogP contribution in [-0.2, 0) is 10.0 Å². The van der Waals surface area contributed by atoms with Crippen molar-refractivity contribution >= 4 is 15.7 Å². The summed E-state index contributed by atoms with van der Waals surface area (Å²) in [6, 6.07) is 4.38. The van der Waals surface area contributed by atoms with Gasteiger partial charge in [0, 0.05) is 13.2 Å². The Morgan fingerprint density at radius 3 is 2.55 bits per heavy atom. The number of aliphatic hydroxyl groups excluding tert-OH is 1. The lowest BCUT2D eigenvalue weighted by Gasteiger charge is -2.09. The van der Waals surface area contributed by atoms with Crippen molar-refractivity contribution in [3.05, 3.63) is 18.2 Å². The van der Waals surface area contributed by atoms with Crippen molar-refractivity contribution in [3.8, 4) is 5.75 Å². The van der Waals surface area contributed by atoms with Crippen LogP contribution in [0.4, 0.5) is 5.69 Å². The smallest absolute Gasteiger partial charge is 0.240 e. The van der Waals surface area contributed by atoms with Gasteiger partial charge in [0.2, 0.25) is 10.0 Å². The van der Waals surface area contributed by atoms with E-state index in [0.29, 0.717) is 18.0 Å². The average Bonchev–Trinajstić information content (AvgIpc) is 2.42. The molecule has 0 spiro atoms. The Hall–Kier alpha value is -1.31. The number of anilines is 1. The molecular weight excluding hydrogens is 280 g/mol. The predicted octanol–water partition coefficient (Wildman–Crippen LogP) is 1.11. The highest BCUT2D eigenvalue weighted by Gasteiger charge is 2.14. The molecule has 0 saturated carbocycles. The summed E-state index contributed by atoms with van der Waals surface area (Å²) in [5, 5.41) is 8.64. The zero-order chi connectivity index (χ0) is 15.0. The van der Waals surface area contributed by atoms with Gasteiger partial charge in [0.15, 0.2) is 0 Å². The van der Waals surface area contributed by atoms with Crippen LogP contribution in [0.25, 0.3) is 0 Å². The standard InChI is InChI=1S/C13H22N2O4S/c1-19-13-7-6-11(10-12(13)14)20(17,18)15-8-4-2-3-5-9-16/h6-7,10,15-16H,2-5,8-9,14H2,1H3. The maximum Gasteiger partial charge on any atom is 0.240 e. The molecule has 0 atom stereocenters. The van der Waals surface area contributed by atoms with Crippen LogP contribution in [-0.4, -0.2) is 33.8 Å². The molecule has 0 aliphatic rings. The average molecular weight is 302 g/mol. The normalized spacial score (nSPS) is 11.5. The molecule has 1 rings (SSSR count). The van der Waals surface area contributed by atoms with Crippen LogP contribution in [0.3, 0.4) is 0 Å². The van der Waals surface area contributed by atoms with Gasteiger partial charge in [0.25, 0.3) is 0 Å². The highest BCUT2D eigenvalue weighted by Crippen LogP contribution is 2.24. The Morgan fingerprint density at radius 2 is 1.95 bits per heavy atom. The number of benzene rings is 1. The third-order valence-corrected chi connectivity index (χ3v) is 4.35. The number of hydrogen-bond donors (Lipinski definition) is 3. The van der Waals surface area contributed by atoms with Gasteiger partial charge in [-0.3, -0.25) is 0 Å². The molecule has 0 radical (unpaired) electrons. The highest BCUT2D eigenvalue weighted by atomic mass is 32.2. The third-order valence-electron chi connectivity index (χ3n) is 2.89. The summed E-state index contributed by atoms with van der Waals surface area (Å²) in [4.78, 5) is 0.131. The highest BCUT2D eigenvalue weighted by molar-refractivity contribution is 7.89. The first-order valence-electron chi connectivity index (χ1n) is 6.55. The maximum absolute atomic E-state index is 12.0. The van der Waals surface area contributed by atoms with Crippen LogP contribution in [0.1, 0.15) is 25.7 Å². The fourth-order valence-corrected chi connectivity index (χ4v) is 2.87. The summed E-state index contributed by atoms with van der Waals surface area (Å²) in [6.45, 7) is 0.552. The van der Waals surface area contributed by atoms with Crippen LogP contribution < -0.4 is 15.2 Å². The summed E-state index contributed by atoms with van der Waals surface area (Å²) in [7, 11) is -2.06. The van der Waals surface area contributed by atoms with E-state index in [0.717, 1.165) is 25.7 Å². The van der Waals surface area contributed by atoms with E-state index in [4.69, 9.17) is 15.6 Å². The van der Waals surface area contributed by atoms with E-state index in [1.165, 1.54) is 25.3 Å². The molecule has 6 nitrogen and oxygen atoms in total. The van der Waals surface area contributed by atoms with Crippen molar-refractivity contribution in [1.82, 2.24) is 4.72 Å². The number of hydrogen-bond acceptors (Lipinski definition) is 5. The molecule has 0 fully saturated rings. The van der Waals surface area contributed by atoms with E-state index in [-0.39, 0.29) is 11.5 Å². The van der Waals surface area contributed by atoms with Gasteiger partial charge < -0.3 is 15.6 Å². The molecule has 20 heavy (non-hydrogen) atoms. The molecule has 7 heteroatoms. The molecule has 0 bridgehead atoms. The third kappa shape index (κ3) is 4.99. The molecular formula is C13H22N2O4S. The van der Waals surface area contributed by atoms with Crippen molar-refractivity contribution in [3.63, 3.8) is 0 Å². The predicted molar refractivity (Wildman–Crippen MR) is 78.1 cm³/mol. The van der Waals surface area contributed by atoms with Crippen LogP contribution >= 0.6 is 0 Å². The minimum Gasteiger partial charge on any atom is -0.495 e. The Morgan fingerprint density at radius 1 is 1.25 bits per heavy atom. The van der Waals surface area contributed by atoms with Crippen molar-refractivity contribution < 1.29 is 18.3 Å². The van der Waals surface area contributed by atoms with E-state index in [2.05, 4.69) is 4.72 Å². The van der Waals surface area contributed by atoms with Gasteiger partial charge in [-0.2, -0.15) is 0 Å². The number of rotatable bonds is 9. The summed E-state index contributed by atoms with van der Waals surface area (Å²) in [5.74, 6) is 0.452. The maximum atomic E-state index is 12.0. The molecule has 1 aromatic carbocycles. The molecule has 0 saturated heterocycles. The summed E-state index contributed by atoms with van der Waals surface area (Å²) < 4.78 is 31.6. The molecule has 0 unspecified atom stereocenters. The Bertz CT molecular complexity index is 517. The first kappa shape index (κ1) is 16.7. The van der Waals surface area contributed by atoms with Crippen molar-refractivity contribution in [1.29, 1.82) is 0 Å². The molecule has 0 aliphatic heterocycles. The first-order valence-corrected chi connectivity index (χ1v) is 8.03. The lowest BCUT2D eigenvalue weighted by molar-refractivity contribution is 0.282. The van der Waals surface area contributed by atoms with Crippen molar-refractivity contribution in [2.75, 3.05) is 26.0 Å². The summed E-state index contributed by atoms with van der Waals surface area (Å²) >= 11 is 0.